The molecule has 3 rings (SSSR count). The number of hydrogen-bond donors (Lipinski definition) is 1. The topological polar surface area (TPSA) is 92.6 Å². The molecule has 0 bridgehead atoms. The maximum atomic E-state index is 12.4. The van der Waals surface area contributed by atoms with Crippen molar-refractivity contribution in [1.82, 2.24) is 10.2 Å². The molecule has 0 radical (unpaired) electrons. The molecule has 28 heavy (non-hydrogen) atoms. The lowest BCUT2D eigenvalue weighted by molar-refractivity contribution is -0.384. The zero-order valence-corrected chi connectivity index (χ0v) is 15.3. The van der Waals surface area contributed by atoms with E-state index in [1.165, 1.54) is 18.2 Å². The summed E-state index contributed by atoms with van der Waals surface area (Å²) >= 11 is 0. The van der Waals surface area contributed by atoms with E-state index >= 15 is 0 Å². The number of nitro benzene ring substituents is 1. The van der Waals surface area contributed by atoms with Crippen molar-refractivity contribution in [2.75, 3.05) is 13.1 Å². The van der Waals surface area contributed by atoms with Crippen LogP contribution in [0.4, 0.5) is 5.69 Å². The molecule has 0 atom stereocenters. The molecule has 7 nitrogen and oxygen atoms in total. The van der Waals surface area contributed by atoms with Crippen LogP contribution < -0.4 is 5.32 Å². The largest absolute Gasteiger partial charge is 0.349 e. The van der Waals surface area contributed by atoms with Crippen molar-refractivity contribution in [3.8, 4) is 0 Å². The van der Waals surface area contributed by atoms with Crippen molar-refractivity contribution >= 4 is 23.6 Å². The van der Waals surface area contributed by atoms with Crippen LogP contribution >= 0.6 is 0 Å². The first kappa shape index (κ1) is 19.3. The minimum absolute atomic E-state index is 0.00966. The quantitative estimate of drug-likeness (QED) is 0.491. The van der Waals surface area contributed by atoms with Crippen LogP contribution in [0.1, 0.15) is 28.8 Å². The van der Waals surface area contributed by atoms with Gasteiger partial charge in [0.15, 0.2) is 0 Å². The monoisotopic (exact) mass is 379 g/mol. The number of nitrogens with zero attached hydrogens (tertiary/aromatic N) is 2. The van der Waals surface area contributed by atoms with E-state index < -0.39 is 4.92 Å². The Labute approximate surface area is 162 Å². The molecule has 0 saturated carbocycles. The molecule has 1 aliphatic rings. The number of carbonyl (C=O) groups is 2. The van der Waals surface area contributed by atoms with E-state index in [-0.39, 0.29) is 23.5 Å². The molecule has 144 valence electrons. The van der Waals surface area contributed by atoms with E-state index in [0.717, 1.165) is 0 Å². The summed E-state index contributed by atoms with van der Waals surface area (Å²) < 4.78 is 0. The molecule has 0 aromatic heterocycles. The van der Waals surface area contributed by atoms with Gasteiger partial charge >= 0.3 is 0 Å². The Morgan fingerprint density at radius 2 is 1.79 bits per heavy atom. The van der Waals surface area contributed by atoms with Crippen molar-refractivity contribution in [3.63, 3.8) is 0 Å². The third-order valence-corrected chi connectivity index (χ3v) is 4.68. The maximum absolute atomic E-state index is 12.4. The van der Waals surface area contributed by atoms with Gasteiger partial charge in [0, 0.05) is 42.9 Å². The Morgan fingerprint density at radius 3 is 2.46 bits per heavy atom. The summed E-state index contributed by atoms with van der Waals surface area (Å²) in [5.74, 6) is -0.240. The Bertz CT molecular complexity index is 888. The van der Waals surface area contributed by atoms with Crippen molar-refractivity contribution in [1.29, 1.82) is 0 Å². The number of carbonyl (C=O) groups excluding carboxylic acids is 2. The Balaban J connectivity index is 1.50. The maximum Gasteiger partial charge on any atom is 0.270 e. The van der Waals surface area contributed by atoms with Gasteiger partial charge in [-0.1, -0.05) is 30.3 Å². The zero-order chi connectivity index (χ0) is 19.9. The SMILES string of the molecule is O=C(NC1CCN(C(=O)C=Cc2cccc([N+](=O)[O-])c2)CC1)c1ccccc1. The Hall–Kier alpha value is -3.48. The van der Waals surface area contributed by atoms with Crippen molar-refractivity contribution < 1.29 is 14.5 Å². The standard InChI is InChI=1S/C21H21N3O4/c25-20(10-9-16-5-4-8-19(15-16)24(27)28)23-13-11-18(12-14-23)22-21(26)17-6-2-1-3-7-17/h1-10,15,18H,11-14H2,(H,22,26). The summed E-state index contributed by atoms with van der Waals surface area (Å²) in [6.07, 6.45) is 4.39. The van der Waals surface area contributed by atoms with Crippen molar-refractivity contribution in [3.05, 3.63) is 81.9 Å². The number of likely N-dealkylation sites (tertiary alicyclic amines) is 1. The van der Waals surface area contributed by atoms with Gasteiger partial charge in [-0.25, -0.2) is 0 Å². The van der Waals surface area contributed by atoms with Gasteiger partial charge in [0.1, 0.15) is 0 Å². The molecule has 0 unspecified atom stereocenters. The van der Waals surface area contributed by atoms with Crippen LogP contribution in [-0.4, -0.2) is 40.8 Å². The van der Waals surface area contributed by atoms with Gasteiger partial charge < -0.3 is 10.2 Å². The fourth-order valence-corrected chi connectivity index (χ4v) is 3.12. The van der Waals surface area contributed by atoms with Crippen LogP contribution in [0.3, 0.4) is 0 Å². The van der Waals surface area contributed by atoms with Gasteiger partial charge in [-0.3, -0.25) is 19.7 Å². The number of amides is 2. The minimum atomic E-state index is -0.465. The Morgan fingerprint density at radius 1 is 1.07 bits per heavy atom. The number of hydrogen-bond acceptors (Lipinski definition) is 4. The van der Waals surface area contributed by atoms with Crippen molar-refractivity contribution in [2.24, 2.45) is 0 Å². The molecule has 7 heteroatoms. The molecule has 1 aliphatic heterocycles. The normalized spacial score (nSPS) is 14.8. The summed E-state index contributed by atoms with van der Waals surface area (Å²) in [5.41, 5.74) is 1.22. The summed E-state index contributed by atoms with van der Waals surface area (Å²) in [7, 11) is 0. The highest BCUT2D eigenvalue weighted by Crippen LogP contribution is 2.15. The summed E-state index contributed by atoms with van der Waals surface area (Å²) in [6, 6.07) is 15.2. The van der Waals surface area contributed by atoms with E-state index in [1.807, 2.05) is 18.2 Å². The van der Waals surface area contributed by atoms with Crippen LogP contribution in [0, 0.1) is 10.1 Å². The van der Waals surface area contributed by atoms with Gasteiger partial charge in [0.05, 0.1) is 4.92 Å². The van der Waals surface area contributed by atoms with E-state index in [9.17, 15) is 19.7 Å². The van der Waals surface area contributed by atoms with Crippen LogP contribution in [0.25, 0.3) is 6.08 Å². The summed E-state index contributed by atoms with van der Waals surface area (Å²) in [6.45, 7) is 1.11. The highest BCUT2D eigenvalue weighted by Gasteiger charge is 2.23. The smallest absolute Gasteiger partial charge is 0.270 e. The van der Waals surface area contributed by atoms with Gasteiger partial charge in [0.2, 0.25) is 5.91 Å². The average molecular weight is 379 g/mol. The molecule has 2 amide bonds. The van der Waals surface area contributed by atoms with Crippen LogP contribution in [0.2, 0.25) is 0 Å². The predicted molar refractivity (Wildman–Crippen MR) is 106 cm³/mol. The van der Waals surface area contributed by atoms with Gasteiger partial charge in [-0.2, -0.15) is 0 Å². The molecule has 0 aliphatic carbocycles. The fourth-order valence-electron chi connectivity index (χ4n) is 3.12. The average Bonchev–Trinajstić information content (AvgIpc) is 2.73. The number of rotatable bonds is 5. The second-order valence-electron chi connectivity index (χ2n) is 6.62. The highest BCUT2D eigenvalue weighted by atomic mass is 16.6. The van der Waals surface area contributed by atoms with E-state index in [4.69, 9.17) is 0 Å². The molecular weight excluding hydrogens is 358 g/mol. The lowest BCUT2D eigenvalue weighted by Gasteiger charge is -2.31. The number of piperidine rings is 1. The number of non-ortho nitro benzene ring substituents is 1. The number of nitro groups is 1. The first-order valence-electron chi connectivity index (χ1n) is 9.10. The fraction of sp³-hybridized carbons (Fsp3) is 0.238. The van der Waals surface area contributed by atoms with E-state index in [0.29, 0.717) is 37.1 Å². The molecule has 1 heterocycles. The second-order valence-corrected chi connectivity index (χ2v) is 6.62. The highest BCUT2D eigenvalue weighted by molar-refractivity contribution is 5.94. The minimum Gasteiger partial charge on any atom is -0.349 e. The van der Waals surface area contributed by atoms with E-state index in [2.05, 4.69) is 5.32 Å². The lowest BCUT2D eigenvalue weighted by Crippen LogP contribution is -2.46. The zero-order valence-electron chi connectivity index (χ0n) is 15.3. The van der Waals surface area contributed by atoms with Gasteiger partial charge in [-0.15, -0.1) is 0 Å². The molecule has 2 aromatic carbocycles. The first-order chi connectivity index (χ1) is 13.5. The van der Waals surface area contributed by atoms with Gasteiger partial charge in [0.25, 0.3) is 11.6 Å². The Kier molecular flexibility index (Phi) is 6.16. The third-order valence-electron chi connectivity index (χ3n) is 4.68. The number of benzene rings is 2. The molecule has 1 fully saturated rings. The molecule has 1 N–H and O–H groups in total. The number of nitrogens with one attached hydrogen (secondary N) is 1. The third kappa shape index (κ3) is 5.03. The molecular formula is C21H21N3O4. The second kappa shape index (κ2) is 8.94. The van der Waals surface area contributed by atoms with Crippen LogP contribution in [0.15, 0.2) is 60.7 Å². The molecule has 1 saturated heterocycles. The first-order valence-corrected chi connectivity index (χ1v) is 9.10. The van der Waals surface area contributed by atoms with Crippen molar-refractivity contribution in [2.45, 2.75) is 18.9 Å². The van der Waals surface area contributed by atoms with Crippen LogP contribution in [0.5, 0.6) is 0 Å². The lowest BCUT2D eigenvalue weighted by atomic mass is 10.0. The van der Waals surface area contributed by atoms with E-state index in [1.54, 1.807) is 35.2 Å². The van der Waals surface area contributed by atoms with Gasteiger partial charge in [-0.05, 0) is 36.6 Å². The predicted octanol–water partition coefficient (Wildman–Crippen LogP) is 3.03. The summed E-state index contributed by atoms with van der Waals surface area (Å²) in [4.78, 5) is 36.6. The summed E-state index contributed by atoms with van der Waals surface area (Å²) in [5, 5.41) is 13.8. The van der Waals surface area contributed by atoms with Crippen LogP contribution in [-0.2, 0) is 4.79 Å². The molecule has 2 aromatic rings. The molecule has 0 spiro atoms.